The number of aryl methyl sites for hydroxylation is 2. The summed E-state index contributed by atoms with van der Waals surface area (Å²) in [6.07, 6.45) is 3.94. The van der Waals surface area contributed by atoms with E-state index in [9.17, 15) is 4.79 Å². The summed E-state index contributed by atoms with van der Waals surface area (Å²) in [6.45, 7) is 4.99. The molecule has 2 rings (SSSR count). The molecule has 0 bridgehead atoms. The van der Waals surface area contributed by atoms with Crippen LogP contribution >= 0.6 is 11.3 Å². The molecule has 1 fully saturated rings. The molecule has 0 spiro atoms. The first kappa shape index (κ1) is 13.5. The molecule has 0 aliphatic heterocycles. The molecular formula is C13H21N3OS. The maximum atomic E-state index is 11.1. The number of aromatic nitrogens is 1. The lowest BCUT2D eigenvalue weighted by molar-refractivity contribution is -0.122. The number of amides is 1. The first-order valence-electron chi connectivity index (χ1n) is 6.52. The Hall–Kier alpha value is -0.940. The summed E-state index contributed by atoms with van der Waals surface area (Å²) in [7, 11) is 0. The molecule has 1 amide bonds. The summed E-state index contributed by atoms with van der Waals surface area (Å²) in [5, 5.41) is 4.70. The van der Waals surface area contributed by atoms with Crippen LogP contribution in [0.3, 0.4) is 0 Å². The first-order valence-corrected chi connectivity index (χ1v) is 7.33. The van der Waals surface area contributed by atoms with Crippen molar-refractivity contribution in [3.8, 4) is 0 Å². The quantitative estimate of drug-likeness (QED) is 0.875. The number of nitrogens with two attached hydrogens (primary N) is 1. The van der Waals surface area contributed by atoms with Gasteiger partial charge in [-0.3, -0.25) is 4.79 Å². The number of rotatable bonds is 4. The fraction of sp³-hybridized carbons (Fsp3) is 0.692. The molecule has 1 aromatic heterocycles. The van der Waals surface area contributed by atoms with Gasteiger partial charge in [0.2, 0.25) is 5.91 Å². The van der Waals surface area contributed by atoms with E-state index < -0.39 is 0 Å². The first-order chi connectivity index (χ1) is 8.56. The van der Waals surface area contributed by atoms with Crippen molar-refractivity contribution in [2.45, 2.75) is 52.1 Å². The van der Waals surface area contributed by atoms with Gasteiger partial charge in [-0.2, -0.15) is 0 Å². The van der Waals surface area contributed by atoms with Crippen LogP contribution in [0.25, 0.3) is 0 Å². The van der Waals surface area contributed by atoms with Crippen LogP contribution in [0.2, 0.25) is 0 Å². The molecule has 100 valence electrons. The topological polar surface area (TPSA) is 68.0 Å². The summed E-state index contributed by atoms with van der Waals surface area (Å²) in [5.74, 6) is -0.0437. The highest BCUT2D eigenvalue weighted by molar-refractivity contribution is 7.11. The molecule has 1 aromatic rings. The molecule has 0 saturated heterocycles. The van der Waals surface area contributed by atoms with Crippen molar-refractivity contribution in [1.29, 1.82) is 0 Å². The minimum atomic E-state index is -0.137. The maximum absolute atomic E-state index is 11.1. The Kier molecular flexibility index (Phi) is 4.35. The Bertz CT molecular complexity index is 422. The summed E-state index contributed by atoms with van der Waals surface area (Å²) in [5.41, 5.74) is 6.47. The van der Waals surface area contributed by atoms with Crippen LogP contribution in [0.1, 0.15) is 41.3 Å². The van der Waals surface area contributed by atoms with Crippen LogP contribution in [-0.4, -0.2) is 16.9 Å². The lowest BCUT2D eigenvalue weighted by Crippen LogP contribution is -2.36. The molecule has 1 saturated carbocycles. The van der Waals surface area contributed by atoms with Crippen molar-refractivity contribution in [1.82, 2.24) is 10.3 Å². The third kappa shape index (κ3) is 3.29. The second kappa shape index (κ2) is 5.80. The predicted octanol–water partition coefficient (Wildman–Crippen LogP) is 1.89. The third-order valence-electron chi connectivity index (χ3n) is 3.68. The number of hydrogen-bond donors (Lipinski definition) is 2. The van der Waals surface area contributed by atoms with E-state index in [4.69, 9.17) is 5.73 Å². The smallest absolute Gasteiger partial charge is 0.220 e. The van der Waals surface area contributed by atoms with Gasteiger partial charge in [-0.15, -0.1) is 11.3 Å². The Balaban J connectivity index is 1.79. The summed E-state index contributed by atoms with van der Waals surface area (Å²) < 4.78 is 0. The van der Waals surface area contributed by atoms with E-state index in [1.807, 2.05) is 6.92 Å². The van der Waals surface area contributed by atoms with Crippen molar-refractivity contribution in [3.63, 3.8) is 0 Å². The second-order valence-corrected chi connectivity index (χ2v) is 6.36. The molecule has 0 atom stereocenters. The van der Waals surface area contributed by atoms with Crippen LogP contribution in [-0.2, 0) is 11.3 Å². The van der Waals surface area contributed by atoms with Crippen molar-refractivity contribution >= 4 is 17.2 Å². The van der Waals surface area contributed by atoms with Crippen LogP contribution in [0.5, 0.6) is 0 Å². The Morgan fingerprint density at radius 3 is 2.56 bits per heavy atom. The molecule has 0 unspecified atom stereocenters. The number of carbonyl (C=O) groups is 1. The molecule has 0 aromatic carbocycles. The van der Waals surface area contributed by atoms with Gasteiger partial charge in [0.1, 0.15) is 0 Å². The van der Waals surface area contributed by atoms with E-state index in [1.165, 1.54) is 4.88 Å². The molecule has 1 aliphatic rings. The molecule has 1 aliphatic carbocycles. The highest BCUT2D eigenvalue weighted by Gasteiger charge is 2.24. The van der Waals surface area contributed by atoms with Crippen molar-refractivity contribution in [2.24, 2.45) is 11.7 Å². The fourth-order valence-corrected chi connectivity index (χ4v) is 3.44. The second-order valence-electron chi connectivity index (χ2n) is 5.07. The average Bonchev–Trinajstić information content (AvgIpc) is 2.66. The maximum Gasteiger partial charge on any atom is 0.220 e. The zero-order valence-electron chi connectivity index (χ0n) is 11.0. The Labute approximate surface area is 112 Å². The van der Waals surface area contributed by atoms with Gasteiger partial charge in [-0.1, -0.05) is 0 Å². The van der Waals surface area contributed by atoms with E-state index in [0.717, 1.165) is 42.9 Å². The molecule has 5 heteroatoms. The van der Waals surface area contributed by atoms with Gasteiger partial charge >= 0.3 is 0 Å². The fourth-order valence-electron chi connectivity index (χ4n) is 2.56. The van der Waals surface area contributed by atoms with Gasteiger partial charge < -0.3 is 11.1 Å². The SMILES string of the molecule is Cc1nc(C)c(CNC2CCC(C(N)=O)CC2)s1. The molecule has 4 nitrogen and oxygen atoms in total. The van der Waals surface area contributed by atoms with Gasteiger partial charge in [0.15, 0.2) is 0 Å². The number of hydrogen-bond acceptors (Lipinski definition) is 4. The third-order valence-corrected chi connectivity index (χ3v) is 4.75. The van der Waals surface area contributed by atoms with Gasteiger partial charge in [-0.05, 0) is 39.5 Å². The molecule has 1 heterocycles. The number of nitrogens with zero attached hydrogens (tertiary/aromatic N) is 1. The van der Waals surface area contributed by atoms with Crippen molar-refractivity contribution in [2.75, 3.05) is 0 Å². The van der Waals surface area contributed by atoms with Crippen LogP contribution in [0.4, 0.5) is 0 Å². The van der Waals surface area contributed by atoms with E-state index >= 15 is 0 Å². The van der Waals surface area contributed by atoms with Gasteiger partial charge in [0.05, 0.1) is 10.7 Å². The monoisotopic (exact) mass is 267 g/mol. The standard InChI is InChI=1S/C13H21N3OS/c1-8-12(18-9(2)16-8)7-15-11-5-3-10(4-6-11)13(14)17/h10-11,15H,3-7H2,1-2H3,(H2,14,17). The normalized spacial score (nSPS) is 24.1. The Morgan fingerprint density at radius 1 is 1.39 bits per heavy atom. The van der Waals surface area contributed by atoms with Crippen LogP contribution < -0.4 is 11.1 Å². The zero-order valence-corrected chi connectivity index (χ0v) is 11.8. The number of primary amides is 1. The number of nitrogens with one attached hydrogen (secondary N) is 1. The van der Waals surface area contributed by atoms with E-state index in [1.54, 1.807) is 11.3 Å². The minimum Gasteiger partial charge on any atom is -0.369 e. The zero-order chi connectivity index (χ0) is 13.1. The molecule has 18 heavy (non-hydrogen) atoms. The summed E-state index contributed by atoms with van der Waals surface area (Å²) >= 11 is 1.76. The molecule has 0 radical (unpaired) electrons. The highest BCUT2D eigenvalue weighted by Crippen LogP contribution is 2.25. The van der Waals surface area contributed by atoms with E-state index in [2.05, 4.69) is 17.2 Å². The number of carbonyl (C=O) groups excluding carboxylic acids is 1. The average molecular weight is 267 g/mol. The van der Waals surface area contributed by atoms with Crippen molar-refractivity contribution < 1.29 is 4.79 Å². The van der Waals surface area contributed by atoms with Crippen LogP contribution in [0, 0.1) is 19.8 Å². The minimum absolute atomic E-state index is 0.0930. The van der Waals surface area contributed by atoms with Crippen molar-refractivity contribution in [3.05, 3.63) is 15.6 Å². The molecular weight excluding hydrogens is 246 g/mol. The lowest BCUT2D eigenvalue weighted by atomic mass is 9.85. The van der Waals surface area contributed by atoms with Gasteiger partial charge in [-0.25, -0.2) is 4.98 Å². The lowest BCUT2D eigenvalue weighted by Gasteiger charge is -2.27. The number of thiazole rings is 1. The van der Waals surface area contributed by atoms with Crippen LogP contribution in [0.15, 0.2) is 0 Å². The van der Waals surface area contributed by atoms with E-state index in [0.29, 0.717) is 6.04 Å². The molecule has 3 N–H and O–H groups in total. The predicted molar refractivity (Wildman–Crippen MR) is 73.4 cm³/mol. The van der Waals surface area contributed by atoms with E-state index in [-0.39, 0.29) is 11.8 Å². The largest absolute Gasteiger partial charge is 0.369 e. The highest BCUT2D eigenvalue weighted by atomic mass is 32.1. The summed E-state index contributed by atoms with van der Waals surface area (Å²) in [6, 6.07) is 0.516. The van der Waals surface area contributed by atoms with Gasteiger partial charge in [0.25, 0.3) is 0 Å². The Morgan fingerprint density at radius 2 is 2.06 bits per heavy atom. The summed E-state index contributed by atoms with van der Waals surface area (Å²) in [4.78, 5) is 16.8. The van der Waals surface area contributed by atoms with Gasteiger partial charge in [0, 0.05) is 23.4 Å².